The van der Waals surface area contributed by atoms with Crippen molar-refractivity contribution in [3.05, 3.63) is 0 Å². The Bertz CT molecular complexity index is 116. The smallest absolute Gasteiger partial charge is 0.0153 e. The lowest BCUT2D eigenvalue weighted by atomic mass is 9.87. The average Bonchev–Trinajstić information content (AvgIpc) is 2.17. The zero-order chi connectivity index (χ0) is 10.5. The highest BCUT2D eigenvalue weighted by molar-refractivity contribution is 4.90. The summed E-state index contributed by atoms with van der Waals surface area (Å²) in [6.07, 6.45) is 4.83. The van der Waals surface area contributed by atoms with Gasteiger partial charge in [0.15, 0.2) is 0 Å². The predicted molar refractivity (Wildman–Crippen MR) is 61.1 cm³/mol. The van der Waals surface area contributed by atoms with Gasteiger partial charge in [0, 0.05) is 11.1 Å². The molecule has 0 saturated heterocycles. The van der Waals surface area contributed by atoms with Crippen molar-refractivity contribution in [3.63, 3.8) is 0 Å². The molecule has 0 aromatic carbocycles. The van der Waals surface area contributed by atoms with Crippen LogP contribution in [0.3, 0.4) is 0 Å². The lowest BCUT2D eigenvalue weighted by molar-refractivity contribution is 0.207. The van der Waals surface area contributed by atoms with Crippen molar-refractivity contribution in [2.24, 2.45) is 0 Å². The summed E-state index contributed by atoms with van der Waals surface area (Å²) in [5.74, 6) is 0. The van der Waals surface area contributed by atoms with Crippen LogP contribution in [0.4, 0.5) is 0 Å². The van der Waals surface area contributed by atoms with Crippen LogP contribution >= 0.6 is 0 Å². The van der Waals surface area contributed by atoms with Gasteiger partial charge in [0.1, 0.15) is 0 Å². The molecular weight excluding hydrogens is 158 g/mol. The molecule has 0 atom stereocenters. The fraction of sp³-hybridized carbons (Fsp3) is 1.00. The molecule has 0 saturated carbocycles. The molecule has 0 aromatic rings. The number of nitrogens with one attached hydrogen (secondary N) is 1. The topological polar surface area (TPSA) is 12.0 Å². The third kappa shape index (κ3) is 3.68. The van der Waals surface area contributed by atoms with E-state index in [1.54, 1.807) is 0 Å². The summed E-state index contributed by atoms with van der Waals surface area (Å²) in [6, 6.07) is 0. The summed E-state index contributed by atoms with van der Waals surface area (Å²) in [6.45, 7) is 13.7. The van der Waals surface area contributed by atoms with Crippen molar-refractivity contribution >= 4 is 0 Å². The summed E-state index contributed by atoms with van der Waals surface area (Å²) in [5.41, 5.74) is 0.640. The van der Waals surface area contributed by atoms with E-state index in [4.69, 9.17) is 0 Å². The molecule has 0 fully saturated rings. The van der Waals surface area contributed by atoms with E-state index in [-0.39, 0.29) is 0 Å². The van der Waals surface area contributed by atoms with Gasteiger partial charge in [-0.05, 0) is 39.5 Å². The highest BCUT2D eigenvalue weighted by Crippen LogP contribution is 2.23. The van der Waals surface area contributed by atoms with Gasteiger partial charge in [0.2, 0.25) is 0 Å². The van der Waals surface area contributed by atoms with Gasteiger partial charge < -0.3 is 5.32 Å². The molecule has 0 amide bonds. The molecule has 13 heavy (non-hydrogen) atoms. The van der Waals surface area contributed by atoms with Gasteiger partial charge in [0.25, 0.3) is 0 Å². The maximum Gasteiger partial charge on any atom is 0.0153 e. The van der Waals surface area contributed by atoms with Crippen molar-refractivity contribution in [1.29, 1.82) is 0 Å². The fourth-order valence-electron chi connectivity index (χ4n) is 1.58. The lowest BCUT2D eigenvalue weighted by Crippen LogP contribution is -2.54. The second-order valence-corrected chi connectivity index (χ2v) is 4.66. The molecule has 0 unspecified atom stereocenters. The molecule has 1 nitrogen and oxygen atoms in total. The van der Waals surface area contributed by atoms with Crippen LogP contribution in [0, 0.1) is 0 Å². The van der Waals surface area contributed by atoms with E-state index < -0.39 is 0 Å². The molecule has 0 aliphatic rings. The van der Waals surface area contributed by atoms with E-state index in [0.717, 1.165) is 0 Å². The molecule has 0 spiro atoms. The Hall–Kier alpha value is -0.0400. The first-order valence-corrected chi connectivity index (χ1v) is 5.74. The normalized spacial score (nSPS) is 13.4. The maximum absolute atomic E-state index is 3.81. The molecule has 1 heteroatoms. The number of rotatable bonds is 6. The van der Waals surface area contributed by atoms with Crippen LogP contribution in [0.1, 0.15) is 67.2 Å². The van der Waals surface area contributed by atoms with Crippen LogP contribution < -0.4 is 5.32 Å². The zero-order valence-electron chi connectivity index (χ0n) is 10.3. The molecule has 0 rings (SSSR count). The van der Waals surface area contributed by atoms with Gasteiger partial charge in [-0.2, -0.15) is 0 Å². The first kappa shape index (κ1) is 13.0. The van der Waals surface area contributed by atoms with Crippen molar-refractivity contribution < 1.29 is 0 Å². The molecular formula is C12H27N. The Morgan fingerprint density at radius 1 is 0.692 bits per heavy atom. The molecule has 0 aliphatic carbocycles. The Morgan fingerprint density at radius 3 is 1.08 bits per heavy atom. The van der Waals surface area contributed by atoms with Gasteiger partial charge in [-0.25, -0.2) is 0 Å². The molecule has 80 valence electrons. The molecule has 1 N–H and O–H groups in total. The second kappa shape index (κ2) is 4.99. The Kier molecular flexibility index (Phi) is 4.98. The number of hydrogen-bond acceptors (Lipinski definition) is 1. The monoisotopic (exact) mass is 185 g/mol. The van der Waals surface area contributed by atoms with E-state index >= 15 is 0 Å². The van der Waals surface area contributed by atoms with Crippen molar-refractivity contribution in [1.82, 2.24) is 5.32 Å². The Morgan fingerprint density at radius 2 is 0.923 bits per heavy atom. The summed E-state index contributed by atoms with van der Waals surface area (Å²) in [7, 11) is 0. The minimum Gasteiger partial charge on any atom is -0.306 e. The van der Waals surface area contributed by atoms with Crippen LogP contribution in [0.15, 0.2) is 0 Å². The van der Waals surface area contributed by atoms with Gasteiger partial charge in [0.05, 0.1) is 0 Å². The average molecular weight is 185 g/mol. The molecule has 0 aromatic heterocycles. The van der Waals surface area contributed by atoms with Crippen LogP contribution in [-0.4, -0.2) is 11.1 Å². The summed E-state index contributed by atoms with van der Waals surface area (Å²) < 4.78 is 0. The van der Waals surface area contributed by atoms with E-state index in [9.17, 15) is 0 Å². The maximum atomic E-state index is 3.81. The zero-order valence-corrected chi connectivity index (χ0v) is 10.3. The van der Waals surface area contributed by atoms with E-state index in [2.05, 4.69) is 46.9 Å². The summed E-state index contributed by atoms with van der Waals surface area (Å²) >= 11 is 0. The first-order chi connectivity index (χ1) is 5.95. The van der Waals surface area contributed by atoms with E-state index in [1.807, 2.05) is 0 Å². The van der Waals surface area contributed by atoms with Crippen LogP contribution in [-0.2, 0) is 0 Å². The van der Waals surface area contributed by atoms with Gasteiger partial charge >= 0.3 is 0 Å². The standard InChI is InChI=1S/C12H27N/c1-7-11(5,8-2)13-12(6,9-3)10-4/h13H,7-10H2,1-6H3. The minimum absolute atomic E-state index is 0.320. The van der Waals surface area contributed by atoms with Crippen molar-refractivity contribution in [3.8, 4) is 0 Å². The van der Waals surface area contributed by atoms with E-state index in [1.165, 1.54) is 25.7 Å². The number of hydrogen-bond donors (Lipinski definition) is 1. The SMILES string of the molecule is CCC(C)(CC)NC(C)(CC)CC. The van der Waals surface area contributed by atoms with Crippen molar-refractivity contribution in [2.45, 2.75) is 78.3 Å². The largest absolute Gasteiger partial charge is 0.306 e. The van der Waals surface area contributed by atoms with E-state index in [0.29, 0.717) is 11.1 Å². The molecule has 0 heterocycles. The third-order valence-corrected chi connectivity index (χ3v) is 3.72. The summed E-state index contributed by atoms with van der Waals surface area (Å²) in [5, 5.41) is 3.81. The van der Waals surface area contributed by atoms with Gasteiger partial charge in [-0.1, -0.05) is 27.7 Å². The first-order valence-electron chi connectivity index (χ1n) is 5.74. The van der Waals surface area contributed by atoms with Crippen molar-refractivity contribution in [2.75, 3.05) is 0 Å². The Balaban J connectivity index is 4.36. The molecule has 0 bridgehead atoms. The van der Waals surface area contributed by atoms with Crippen LogP contribution in [0.2, 0.25) is 0 Å². The predicted octanol–water partition coefficient (Wildman–Crippen LogP) is 3.73. The van der Waals surface area contributed by atoms with Crippen LogP contribution in [0.25, 0.3) is 0 Å². The molecule has 0 radical (unpaired) electrons. The third-order valence-electron chi connectivity index (χ3n) is 3.72. The Labute approximate surface area is 84.3 Å². The highest BCUT2D eigenvalue weighted by atomic mass is 15.0. The second-order valence-electron chi connectivity index (χ2n) is 4.66. The summed E-state index contributed by atoms with van der Waals surface area (Å²) in [4.78, 5) is 0. The quantitative estimate of drug-likeness (QED) is 0.665. The highest BCUT2D eigenvalue weighted by Gasteiger charge is 2.29. The fourth-order valence-corrected chi connectivity index (χ4v) is 1.58. The van der Waals surface area contributed by atoms with Gasteiger partial charge in [-0.15, -0.1) is 0 Å². The van der Waals surface area contributed by atoms with Crippen LogP contribution in [0.5, 0.6) is 0 Å². The lowest BCUT2D eigenvalue weighted by Gasteiger charge is -2.40. The minimum atomic E-state index is 0.320. The molecule has 0 aliphatic heterocycles. The van der Waals surface area contributed by atoms with Gasteiger partial charge in [-0.3, -0.25) is 0 Å².